The standard InChI is InChI=1S/C41H71NO10/c1-4-7-32-49-37(45)26-22-18-14-10-12-16-20-24-30-41(39(47)51-34-9-6-3,40(48)52-42-35(43)28-29-36(42)44)31-25-21-17-13-11-15-19-23-27-38(46)50-33-8-5-2/h4-34H2,1-3H3. The fourth-order valence-corrected chi connectivity index (χ4v) is 6.21. The molecule has 0 bridgehead atoms. The predicted octanol–water partition coefficient (Wildman–Crippen LogP) is 9.41. The zero-order valence-corrected chi connectivity index (χ0v) is 33.0. The highest BCUT2D eigenvalue weighted by Crippen LogP contribution is 2.36. The minimum atomic E-state index is -1.59. The van der Waals surface area contributed by atoms with Crippen LogP contribution in [0.25, 0.3) is 0 Å². The van der Waals surface area contributed by atoms with Crippen molar-refractivity contribution in [1.29, 1.82) is 0 Å². The minimum absolute atomic E-state index is 0.0217. The molecule has 0 radical (unpaired) electrons. The molecule has 0 saturated carbocycles. The van der Waals surface area contributed by atoms with E-state index in [2.05, 4.69) is 13.8 Å². The van der Waals surface area contributed by atoms with Crippen molar-refractivity contribution in [2.75, 3.05) is 19.8 Å². The van der Waals surface area contributed by atoms with E-state index in [4.69, 9.17) is 19.0 Å². The molecule has 0 spiro atoms. The lowest BCUT2D eigenvalue weighted by molar-refractivity contribution is -0.209. The number of unbranched alkanes of at least 4 members (excludes halogenated alkanes) is 17. The van der Waals surface area contributed by atoms with Gasteiger partial charge in [0.1, 0.15) is 0 Å². The summed E-state index contributed by atoms with van der Waals surface area (Å²) in [6.07, 6.45) is 21.2. The van der Waals surface area contributed by atoms with Gasteiger partial charge in [0.25, 0.3) is 11.8 Å². The van der Waals surface area contributed by atoms with Crippen LogP contribution in [0, 0.1) is 5.41 Å². The zero-order chi connectivity index (χ0) is 38.3. The van der Waals surface area contributed by atoms with Crippen LogP contribution in [-0.4, -0.2) is 60.6 Å². The fraction of sp³-hybridized carbons (Fsp3) is 0.854. The van der Waals surface area contributed by atoms with Gasteiger partial charge in [0, 0.05) is 25.7 Å². The van der Waals surface area contributed by atoms with E-state index in [0.717, 1.165) is 122 Å². The van der Waals surface area contributed by atoms with Crippen LogP contribution in [-0.2, 0) is 47.8 Å². The van der Waals surface area contributed by atoms with E-state index in [1.807, 2.05) is 6.92 Å². The van der Waals surface area contributed by atoms with Gasteiger partial charge < -0.3 is 19.0 Å². The molecule has 11 heteroatoms. The Hall–Kier alpha value is -2.98. The maximum atomic E-state index is 13.8. The van der Waals surface area contributed by atoms with E-state index in [-0.39, 0.29) is 44.2 Å². The predicted molar refractivity (Wildman–Crippen MR) is 200 cm³/mol. The first-order valence-electron chi connectivity index (χ1n) is 20.8. The van der Waals surface area contributed by atoms with E-state index in [9.17, 15) is 28.8 Å². The highest BCUT2D eigenvalue weighted by molar-refractivity contribution is 6.04. The van der Waals surface area contributed by atoms with Crippen molar-refractivity contribution in [3.05, 3.63) is 0 Å². The van der Waals surface area contributed by atoms with Gasteiger partial charge in [-0.25, -0.2) is 4.79 Å². The maximum Gasteiger partial charge on any atom is 0.350 e. The summed E-state index contributed by atoms with van der Waals surface area (Å²) in [5.41, 5.74) is -1.59. The topological polar surface area (TPSA) is 143 Å². The van der Waals surface area contributed by atoms with Crippen molar-refractivity contribution in [2.24, 2.45) is 5.41 Å². The monoisotopic (exact) mass is 738 g/mol. The lowest BCUT2D eigenvalue weighted by Gasteiger charge is -2.30. The van der Waals surface area contributed by atoms with Gasteiger partial charge in [-0.05, 0) is 44.9 Å². The van der Waals surface area contributed by atoms with Crippen LogP contribution in [0.2, 0.25) is 0 Å². The van der Waals surface area contributed by atoms with Gasteiger partial charge in [-0.1, -0.05) is 130 Å². The van der Waals surface area contributed by atoms with Crippen LogP contribution in [0.5, 0.6) is 0 Å². The molecule has 1 aliphatic rings. The SMILES string of the molecule is CCCCOC(=O)CCCCCCCCCCC(CCCCCCCCCCC(=O)OCCCC)(C(=O)OCCCC)C(=O)ON1C(=O)CCC1=O. The highest BCUT2D eigenvalue weighted by Gasteiger charge is 2.50. The van der Waals surface area contributed by atoms with Gasteiger partial charge in [0.05, 0.1) is 19.8 Å². The number of rotatable bonds is 34. The Bertz CT molecular complexity index is 971. The number of carbonyl (C=O) groups excluding carboxylic acids is 6. The summed E-state index contributed by atoms with van der Waals surface area (Å²) in [6.45, 7) is 7.32. The van der Waals surface area contributed by atoms with Crippen molar-refractivity contribution < 1.29 is 47.8 Å². The third-order valence-corrected chi connectivity index (χ3v) is 9.68. The van der Waals surface area contributed by atoms with Crippen molar-refractivity contribution in [1.82, 2.24) is 5.06 Å². The van der Waals surface area contributed by atoms with Crippen molar-refractivity contribution in [3.8, 4) is 0 Å². The quantitative estimate of drug-likeness (QED) is 0.0206. The average molecular weight is 738 g/mol. The third-order valence-electron chi connectivity index (χ3n) is 9.68. The molecular weight excluding hydrogens is 666 g/mol. The number of imide groups is 1. The van der Waals surface area contributed by atoms with Crippen molar-refractivity contribution >= 4 is 35.7 Å². The van der Waals surface area contributed by atoms with E-state index in [1.54, 1.807) is 0 Å². The summed E-state index contributed by atoms with van der Waals surface area (Å²) < 4.78 is 16.1. The second-order valence-electron chi connectivity index (χ2n) is 14.3. The van der Waals surface area contributed by atoms with E-state index in [1.165, 1.54) is 0 Å². The second kappa shape index (κ2) is 30.5. The molecule has 300 valence electrons. The lowest BCUT2D eigenvalue weighted by atomic mass is 9.77. The fourth-order valence-electron chi connectivity index (χ4n) is 6.21. The highest BCUT2D eigenvalue weighted by atomic mass is 16.7. The Morgan fingerprint density at radius 3 is 1.21 bits per heavy atom. The first kappa shape index (κ1) is 47.0. The molecular formula is C41H71NO10. The van der Waals surface area contributed by atoms with Gasteiger partial charge in [-0.3, -0.25) is 24.0 Å². The van der Waals surface area contributed by atoms with Gasteiger partial charge in [-0.15, -0.1) is 5.06 Å². The smallest absolute Gasteiger partial charge is 0.350 e. The molecule has 1 fully saturated rings. The number of carbonyl (C=O) groups is 6. The maximum absolute atomic E-state index is 13.8. The molecule has 1 rings (SSSR count). The van der Waals surface area contributed by atoms with Crippen molar-refractivity contribution in [3.63, 3.8) is 0 Å². The molecule has 0 aromatic carbocycles. The zero-order valence-electron chi connectivity index (χ0n) is 33.0. The van der Waals surface area contributed by atoms with Crippen LogP contribution >= 0.6 is 0 Å². The Kier molecular flexibility index (Phi) is 27.6. The molecule has 0 N–H and O–H groups in total. The summed E-state index contributed by atoms with van der Waals surface area (Å²) in [6, 6.07) is 0. The number of ether oxygens (including phenoxy) is 3. The molecule has 0 unspecified atom stereocenters. The van der Waals surface area contributed by atoms with Gasteiger partial charge >= 0.3 is 23.9 Å². The molecule has 0 aliphatic carbocycles. The lowest BCUT2D eigenvalue weighted by Crippen LogP contribution is -2.46. The van der Waals surface area contributed by atoms with Crippen LogP contribution in [0.15, 0.2) is 0 Å². The van der Waals surface area contributed by atoms with Crippen LogP contribution in [0.1, 0.15) is 201 Å². The van der Waals surface area contributed by atoms with Crippen LogP contribution < -0.4 is 0 Å². The van der Waals surface area contributed by atoms with Gasteiger partial charge in [-0.2, -0.15) is 0 Å². The van der Waals surface area contributed by atoms with E-state index >= 15 is 0 Å². The molecule has 2 amide bonds. The third kappa shape index (κ3) is 20.9. The van der Waals surface area contributed by atoms with Crippen LogP contribution in [0.4, 0.5) is 0 Å². The molecule has 0 aromatic heterocycles. The number of nitrogens with zero attached hydrogens (tertiary/aromatic N) is 1. The van der Waals surface area contributed by atoms with Gasteiger partial charge in [0.2, 0.25) is 0 Å². The van der Waals surface area contributed by atoms with Crippen molar-refractivity contribution in [2.45, 2.75) is 201 Å². The molecule has 1 heterocycles. The normalized spacial score (nSPS) is 13.0. The number of esters is 3. The summed E-state index contributed by atoms with van der Waals surface area (Å²) in [5.74, 6) is -2.90. The number of hydrogen-bond acceptors (Lipinski definition) is 10. The number of hydrogen-bond donors (Lipinski definition) is 0. The molecule has 1 aliphatic heterocycles. The largest absolute Gasteiger partial charge is 0.466 e. The Labute approximate surface area is 313 Å². The molecule has 0 aromatic rings. The first-order chi connectivity index (χ1) is 25.2. The first-order valence-corrected chi connectivity index (χ1v) is 20.8. The number of amides is 2. The molecule has 11 nitrogen and oxygen atoms in total. The Balaban J connectivity index is 2.65. The van der Waals surface area contributed by atoms with Crippen LogP contribution in [0.3, 0.4) is 0 Å². The molecule has 52 heavy (non-hydrogen) atoms. The summed E-state index contributed by atoms with van der Waals surface area (Å²) in [5, 5.41) is 0.534. The summed E-state index contributed by atoms with van der Waals surface area (Å²) in [4.78, 5) is 81.1. The summed E-state index contributed by atoms with van der Waals surface area (Å²) >= 11 is 0. The van der Waals surface area contributed by atoms with E-state index in [0.29, 0.717) is 50.4 Å². The minimum Gasteiger partial charge on any atom is -0.466 e. The average Bonchev–Trinajstić information content (AvgIpc) is 3.44. The number of hydroxylamine groups is 2. The Morgan fingerprint density at radius 1 is 0.481 bits per heavy atom. The second-order valence-corrected chi connectivity index (χ2v) is 14.3. The molecule has 0 atom stereocenters. The summed E-state index contributed by atoms with van der Waals surface area (Å²) in [7, 11) is 0. The molecule has 1 saturated heterocycles. The Morgan fingerprint density at radius 2 is 0.827 bits per heavy atom. The van der Waals surface area contributed by atoms with Gasteiger partial charge in [0.15, 0.2) is 5.41 Å². The van der Waals surface area contributed by atoms with E-state index < -0.39 is 29.2 Å².